The van der Waals surface area contributed by atoms with Crippen molar-refractivity contribution in [1.82, 2.24) is 5.32 Å². The maximum absolute atomic E-state index is 12.3. The molecule has 1 amide bonds. The van der Waals surface area contributed by atoms with Gasteiger partial charge in [-0.05, 0) is 49.4 Å². The van der Waals surface area contributed by atoms with E-state index in [0.717, 1.165) is 17.7 Å². The predicted octanol–water partition coefficient (Wildman–Crippen LogP) is 2.01. The van der Waals surface area contributed by atoms with Gasteiger partial charge < -0.3 is 15.2 Å². The third-order valence-corrected chi connectivity index (χ3v) is 4.51. The molecule has 1 aromatic carbocycles. The minimum absolute atomic E-state index is 0.260. The third kappa shape index (κ3) is 2.58. The van der Waals surface area contributed by atoms with Gasteiger partial charge in [-0.1, -0.05) is 11.6 Å². The molecule has 1 aliphatic heterocycles. The van der Waals surface area contributed by atoms with Crippen molar-refractivity contribution >= 4 is 23.5 Å². The first-order chi connectivity index (χ1) is 10.00. The number of carbonyl (C=O) groups excluding carboxylic acids is 1. The molecular formula is C15H16ClNO4. The van der Waals surface area contributed by atoms with Crippen molar-refractivity contribution in [2.45, 2.75) is 31.2 Å². The van der Waals surface area contributed by atoms with Gasteiger partial charge >= 0.3 is 5.97 Å². The van der Waals surface area contributed by atoms with Crippen molar-refractivity contribution < 1.29 is 19.4 Å². The molecule has 0 spiro atoms. The van der Waals surface area contributed by atoms with Gasteiger partial charge in [-0.3, -0.25) is 4.79 Å². The average molecular weight is 310 g/mol. The molecule has 0 unspecified atom stereocenters. The SMILES string of the molecule is O=C(NC1(C(=O)O)CCC1)[C@@H]1COc2ccc(Cl)cc2C1. The highest BCUT2D eigenvalue weighted by Crippen LogP contribution is 2.34. The topological polar surface area (TPSA) is 75.6 Å². The van der Waals surface area contributed by atoms with Crippen LogP contribution in [-0.2, 0) is 16.0 Å². The molecule has 2 N–H and O–H groups in total. The zero-order valence-electron chi connectivity index (χ0n) is 11.4. The van der Waals surface area contributed by atoms with Crippen LogP contribution < -0.4 is 10.1 Å². The molecule has 1 aromatic rings. The zero-order valence-corrected chi connectivity index (χ0v) is 12.2. The van der Waals surface area contributed by atoms with Crippen molar-refractivity contribution in [2.24, 2.45) is 5.92 Å². The summed E-state index contributed by atoms with van der Waals surface area (Å²) in [6, 6.07) is 5.32. The molecule has 1 atom stereocenters. The van der Waals surface area contributed by atoms with Crippen molar-refractivity contribution in [2.75, 3.05) is 6.61 Å². The minimum Gasteiger partial charge on any atom is -0.492 e. The summed E-state index contributed by atoms with van der Waals surface area (Å²) in [4.78, 5) is 23.6. The Bertz CT molecular complexity index is 597. The van der Waals surface area contributed by atoms with Crippen LogP contribution in [0.3, 0.4) is 0 Å². The molecule has 2 aliphatic rings. The maximum Gasteiger partial charge on any atom is 0.329 e. The molecule has 1 fully saturated rings. The van der Waals surface area contributed by atoms with E-state index in [2.05, 4.69) is 5.32 Å². The third-order valence-electron chi connectivity index (χ3n) is 4.28. The first kappa shape index (κ1) is 14.2. The van der Waals surface area contributed by atoms with Gasteiger partial charge in [0.25, 0.3) is 0 Å². The molecule has 1 heterocycles. The number of carbonyl (C=O) groups is 2. The number of benzene rings is 1. The summed E-state index contributed by atoms with van der Waals surface area (Å²) >= 11 is 5.95. The lowest BCUT2D eigenvalue weighted by atomic mass is 9.76. The highest BCUT2D eigenvalue weighted by atomic mass is 35.5. The summed E-state index contributed by atoms with van der Waals surface area (Å²) < 4.78 is 5.57. The standard InChI is InChI=1S/C15H16ClNO4/c16-11-2-3-12-9(7-11)6-10(8-21-12)13(18)17-15(14(19)20)4-1-5-15/h2-3,7,10H,1,4-6,8H2,(H,17,18)(H,19,20)/t10-/m0/s1. The van der Waals surface area contributed by atoms with Crippen LogP contribution in [0.5, 0.6) is 5.75 Å². The largest absolute Gasteiger partial charge is 0.492 e. The first-order valence-electron chi connectivity index (χ1n) is 6.97. The fourth-order valence-electron chi connectivity index (χ4n) is 2.79. The van der Waals surface area contributed by atoms with E-state index in [1.165, 1.54) is 0 Å². The Kier molecular flexibility index (Phi) is 3.53. The Hall–Kier alpha value is -1.75. The number of nitrogens with one attached hydrogen (secondary N) is 1. The second kappa shape index (κ2) is 5.22. The Labute approximate surface area is 127 Å². The Morgan fingerprint density at radius 3 is 2.76 bits per heavy atom. The lowest BCUT2D eigenvalue weighted by Gasteiger charge is -2.39. The molecule has 0 radical (unpaired) electrons. The minimum atomic E-state index is -1.08. The second-order valence-corrected chi connectivity index (χ2v) is 6.13. The van der Waals surface area contributed by atoms with Crippen LogP contribution in [0.25, 0.3) is 0 Å². The van der Waals surface area contributed by atoms with Gasteiger partial charge in [-0.15, -0.1) is 0 Å². The Balaban J connectivity index is 1.71. The summed E-state index contributed by atoms with van der Waals surface area (Å²) in [5.74, 6) is -0.863. The van der Waals surface area contributed by atoms with Crippen molar-refractivity contribution in [3.63, 3.8) is 0 Å². The number of ether oxygens (including phenoxy) is 1. The highest BCUT2D eigenvalue weighted by molar-refractivity contribution is 6.30. The smallest absolute Gasteiger partial charge is 0.329 e. The molecular weight excluding hydrogens is 294 g/mol. The fraction of sp³-hybridized carbons (Fsp3) is 0.467. The monoisotopic (exact) mass is 309 g/mol. The van der Waals surface area contributed by atoms with Crippen LogP contribution in [-0.4, -0.2) is 29.1 Å². The lowest BCUT2D eigenvalue weighted by molar-refractivity contribution is -0.152. The molecule has 3 rings (SSSR count). The van der Waals surface area contributed by atoms with E-state index in [-0.39, 0.29) is 18.4 Å². The van der Waals surface area contributed by atoms with Gasteiger partial charge in [0.1, 0.15) is 17.9 Å². The number of carboxylic acid groups (broad SMARTS) is 1. The van der Waals surface area contributed by atoms with E-state index in [1.807, 2.05) is 0 Å². The van der Waals surface area contributed by atoms with Crippen molar-refractivity contribution in [1.29, 1.82) is 0 Å². The Morgan fingerprint density at radius 2 is 2.14 bits per heavy atom. The van der Waals surface area contributed by atoms with Gasteiger partial charge in [0, 0.05) is 5.02 Å². The highest BCUT2D eigenvalue weighted by Gasteiger charge is 2.46. The van der Waals surface area contributed by atoms with Crippen molar-refractivity contribution in [3.8, 4) is 5.75 Å². The quantitative estimate of drug-likeness (QED) is 0.895. The summed E-state index contributed by atoms with van der Waals surface area (Å²) in [5.41, 5.74) is -0.196. The summed E-state index contributed by atoms with van der Waals surface area (Å²) in [6.45, 7) is 0.260. The number of amides is 1. The van der Waals surface area contributed by atoms with Crippen molar-refractivity contribution in [3.05, 3.63) is 28.8 Å². The molecule has 1 aliphatic carbocycles. The molecule has 5 nitrogen and oxygen atoms in total. The van der Waals surface area contributed by atoms with Crippen LogP contribution in [0.4, 0.5) is 0 Å². The van der Waals surface area contributed by atoms with E-state index < -0.39 is 11.5 Å². The van der Waals surface area contributed by atoms with E-state index >= 15 is 0 Å². The first-order valence-corrected chi connectivity index (χ1v) is 7.35. The average Bonchev–Trinajstić information content (AvgIpc) is 2.41. The summed E-state index contributed by atoms with van der Waals surface area (Å²) in [5, 5.41) is 12.6. The van der Waals surface area contributed by atoms with Gasteiger partial charge in [0.05, 0.1) is 5.92 Å². The van der Waals surface area contributed by atoms with Crippen LogP contribution in [0, 0.1) is 5.92 Å². The number of carboxylic acids is 1. The zero-order chi connectivity index (χ0) is 15.0. The summed E-state index contributed by atoms with van der Waals surface area (Å²) in [6.07, 6.45) is 2.32. The molecule has 21 heavy (non-hydrogen) atoms. The van der Waals surface area contributed by atoms with E-state index in [4.69, 9.17) is 16.3 Å². The van der Waals surface area contributed by atoms with Crippen LogP contribution >= 0.6 is 11.6 Å². The van der Waals surface area contributed by atoms with Gasteiger partial charge in [-0.25, -0.2) is 4.79 Å². The van der Waals surface area contributed by atoms with Crippen LogP contribution in [0.15, 0.2) is 18.2 Å². The van der Waals surface area contributed by atoms with E-state index in [9.17, 15) is 14.7 Å². The molecule has 0 saturated heterocycles. The van der Waals surface area contributed by atoms with Gasteiger partial charge in [0.2, 0.25) is 5.91 Å². The van der Waals surface area contributed by atoms with E-state index in [0.29, 0.717) is 24.3 Å². The van der Waals surface area contributed by atoms with E-state index in [1.54, 1.807) is 18.2 Å². The summed E-state index contributed by atoms with van der Waals surface area (Å²) in [7, 11) is 0. The molecule has 6 heteroatoms. The number of hydrogen-bond donors (Lipinski definition) is 2. The number of rotatable bonds is 3. The van der Waals surface area contributed by atoms with Crippen LogP contribution in [0.2, 0.25) is 5.02 Å². The molecule has 112 valence electrons. The Morgan fingerprint density at radius 1 is 1.38 bits per heavy atom. The normalized spacial score (nSPS) is 22.4. The number of halogens is 1. The number of aliphatic carboxylic acids is 1. The predicted molar refractivity (Wildman–Crippen MR) is 76.5 cm³/mol. The number of fused-ring (bicyclic) bond motifs is 1. The molecule has 1 saturated carbocycles. The molecule has 0 aromatic heterocycles. The lowest BCUT2D eigenvalue weighted by Crippen LogP contribution is -2.60. The van der Waals surface area contributed by atoms with Gasteiger partial charge in [0.15, 0.2) is 0 Å². The maximum atomic E-state index is 12.3. The van der Waals surface area contributed by atoms with Crippen LogP contribution in [0.1, 0.15) is 24.8 Å². The second-order valence-electron chi connectivity index (χ2n) is 5.69. The fourth-order valence-corrected chi connectivity index (χ4v) is 2.99. The van der Waals surface area contributed by atoms with Gasteiger partial charge in [-0.2, -0.15) is 0 Å². The molecule has 0 bridgehead atoms. The number of hydrogen-bond acceptors (Lipinski definition) is 3.